The van der Waals surface area contributed by atoms with Gasteiger partial charge in [-0.1, -0.05) is 23.7 Å². The number of aryl methyl sites for hydroxylation is 1. The number of carbonyl (C=O) groups is 1. The summed E-state index contributed by atoms with van der Waals surface area (Å²) in [6, 6.07) is 10.4. The fourth-order valence-corrected chi connectivity index (χ4v) is 6.52. The van der Waals surface area contributed by atoms with Crippen molar-refractivity contribution >= 4 is 38.1 Å². The molecule has 1 aromatic heterocycles. The van der Waals surface area contributed by atoms with Gasteiger partial charge in [-0.15, -0.1) is 0 Å². The largest absolute Gasteiger partial charge is 0.343 e. The number of aromatic nitrogens is 2. The van der Waals surface area contributed by atoms with E-state index in [1.54, 1.807) is 30.3 Å². The van der Waals surface area contributed by atoms with E-state index in [1.165, 1.54) is 24.4 Å². The summed E-state index contributed by atoms with van der Waals surface area (Å²) in [5, 5.41) is 2.32. The molecule has 0 saturated carbocycles. The van der Waals surface area contributed by atoms with E-state index in [1.807, 2.05) is 17.2 Å². The predicted molar refractivity (Wildman–Crippen MR) is 129 cm³/mol. The fourth-order valence-electron chi connectivity index (χ4n) is 5.08. The van der Waals surface area contributed by atoms with Crippen LogP contribution in [0, 0.1) is 0 Å². The van der Waals surface area contributed by atoms with E-state index in [0.29, 0.717) is 24.0 Å². The normalized spacial score (nSPS) is 17.3. The molecule has 3 heterocycles. The third-order valence-corrected chi connectivity index (χ3v) is 8.93. The van der Waals surface area contributed by atoms with Gasteiger partial charge in [-0.3, -0.25) is 4.79 Å². The van der Waals surface area contributed by atoms with E-state index in [9.17, 15) is 13.2 Å². The quantitative estimate of drug-likeness (QED) is 0.529. The Morgan fingerprint density at radius 1 is 1.03 bits per heavy atom. The van der Waals surface area contributed by atoms with Crippen LogP contribution in [0.25, 0.3) is 10.8 Å². The molecule has 174 valence electrons. The second kappa shape index (κ2) is 9.11. The minimum absolute atomic E-state index is 0.00767. The third-order valence-electron chi connectivity index (χ3n) is 6.98. The van der Waals surface area contributed by atoms with Crippen LogP contribution in [0.2, 0.25) is 5.02 Å². The number of halogens is 1. The number of hydrogen-bond donors (Lipinski definition) is 0. The molecule has 0 bridgehead atoms. The maximum atomic E-state index is 12.9. The average molecular weight is 486 g/mol. The molecule has 0 N–H and O–H groups in total. The molecule has 0 atom stereocenters. The number of hydrogen-bond acceptors (Lipinski definition) is 4. The Kier molecular flexibility index (Phi) is 6.18. The van der Waals surface area contributed by atoms with Crippen molar-refractivity contribution < 1.29 is 13.2 Å². The highest BCUT2D eigenvalue weighted by molar-refractivity contribution is 7.91. The lowest BCUT2D eigenvalue weighted by Gasteiger charge is -2.33. The summed E-state index contributed by atoms with van der Waals surface area (Å²) >= 11 is 6.01. The summed E-state index contributed by atoms with van der Waals surface area (Å²) in [7, 11) is -3.54. The number of carbonyl (C=O) groups excluding carboxylic acids is 1. The first kappa shape index (κ1) is 22.4. The molecule has 1 amide bonds. The van der Waals surface area contributed by atoms with Crippen molar-refractivity contribution in [2.24, 2.45) is 0 Å². The summed E-state index contributed by atoms with van der Waals surface area (Å²) in [6.07, 6.45) is 7.29. The molecule has 2 aliphatic heterocycles. The smallest absolute Gasteiger partial charge is 0.223 e. The molecule has 2 aromatic carbocycles. The Morgan fingerprint density at radius 3 is 2.61 bits per heavy atom. The number of fused-ring (bicyclic) bond motifs is 2. The number of amides is 1. The van der Waals surface area contributed by atoms with Crippen LogP contribution >= 0.6 is 11.6 Å². The lowest BCUT2D eigenvalue weighted by Crippen LogP contribution is -2.39. The van der Waals surface area contributed by atoms with Crippen LogP contribution in [-0.2, 0) is 27.6 Å². The van der Waals surface area contributed by atoms with Crippen LogP contribution in [0.15, 0.2) is 47.5 Å². The molecular weight excluding hydrogens is 458 g/mol. The molecule has 0 spiro atoms. The Hall–Kier alpha value is -2.38. The van der Waals surface area contributed by atoms with Crippen LogP contribution in [-0.4, -0.2) is 47.6 Å². The Labute approximate surface area is 199 Å². The minimum atomic E-state index is -3.54. The standard InChI is InChI=1S/C25H28ClN3O3S/c26-21-6-4-20-16-22(7-5-19(20)15-21)33(31,32)14-10-25(30)28-12-8-18(9-13-28)23-17-27-24-3-1-2-11-29(23)24/h4-7,15-18H,1-3,8-14H2. The summed E-state index contributed by atoms with van der Waals surface area (Å²) < 4.78 is 28.1. The van der Waals surface area contributed by atoms with Gasteiger partial charge in [0.25, 0.3) is 0 Å². The van der Waals surface area contributed by atoms with Gasteiger partial charge in [0.05, 0.1) is 10.6 Å². The predicted octanol–water partition coefficient (Wildman–Crippen LogP) is 4.60. The van der Waals surface area contributed by atoms with Gasteiger partial charge in [-0.05, 0) is 60.7 Å². The molecular formula is C25H28ClN3O3S. The highest BCUT2D eigenvalue weighted by Gasteiger charge is 2.28. The van der Waals surface area contributed by atoms with Gasteiger partial charge in [-0.2, -0.15) is 0 Å². The second-order valence-corrected chi connectivity index (χ2v) is 11.6. The first-order valence-electron chi connectivity index (χ1n) is 11.6. The summed E-state index contributed by atoms with van der Waals surface area (Å²) in [4.78, 5) is 19.5. The van der Waals surface area contributed by atoms with E-state index in [0.717, 1.165) is 36.6 Å². The lowest BCUT2D eigenvalue weighted by atomic mass is 9.93. The Morgan fingerprint density at radius 2 is 1.79 bits per heavy atom. The van der Waals surface area contributed by atoms with Gasteiger partial charge >= 0.3 is 0 Å². The van der Waals surface area contributed by atoms with Crippen LogP contribution in [0.3, 0.4) is 0 Å². The number of rotatable bonds is 5. The number of imidazole rings is 1. The van der Waals surface area contributed by atoms with Gasteiger partial charge in [-0.25, -0.2) is 13.4 Å². The number of nitrogens with zero attached hydrogens (tertiary/aromatic N) is 3. The fraction of sp³-hybridized carbons (Fsp3) is 0.440. The summed E-state index contributed by atoms with van der Waals surface area (Å²) in [6.45, 7) is 2.38. The van der Waals surface area contributed by atoms with Crippen molar-refractivity contribution in [1.82, 2.24) is 14.5 Å². The number of piperidine rings is 1. The van der Waals surface area contributed by atoms with Crippen molar-refractivity contribution in [3.05, 3.63) is 59.1 Å². The monoisotopic (exact) mass is 485 g/mol. The molecule has 3 aromatic rings. The summed E-state index contributed by atoms with van der Waals surface area (Å²) in [5.74, 6) is 1.35. The summed E-state index contributed by atoms with van der Waals surface area (Å²) in [5.41, 5.74) is 1.30. The maximum Gasteiger partial charge on any atom is 0.223 e. The molecule has 33 heavy (non-hydrogen) atoms. The average Bonchev–Trinajstić information content (AvgIpc) is 3.26. The zero-order chi connectivity index (χ0) is 23.0. The van der Waals surface area contributed by atoms with Gasteiger partial charge in [0.2, 0.25) is 5.91 Å². The second-order valence-electron chi connectivity index (χ2n) is 9.09. The van der Waals surface area contributed by atoms with Gasteiger partial charge in [0.15, 0.2) is 9.84 Å². The van der Waals surface area contributed by atoms with Crippen molar-refractivity contribution in [1.29, 1.82) is 0 Å². The molecule has 2 aliphatic rings. The van der Waals surface area contributed by atoms with E-state index in [-0.39, 0.29) is 23.0 Å². The van der Waals surface area contributed by atoms with Crippen LogP contribution in [0.1, 0.15) is 49.5 Å². The number of likely N-dealkylation sites (tertiary alicyclic amines) is 1. The van der Waals surface area contributed by atoms with Crippen LogP contribution < -0.4 is 0 Å². The highest BCUT2D eigenvalue weighted by Crippen LogP contribution is 2.31. The topological polar surface area (TPSA) is 72.3 Å². The molecule has 0 unspecified atom stereocenters. The number of sulfone groups is 1. The molecule has 1 fully saturated rings. The first-order valence-corrected chi connectivity index (χ1v) is 13.7. The molecule has 8 heteroatoms. The van der Waals surface area contributed by atoms with Gasteiger partial charge in [0.1, 0.15) is 5.82 Å². The van der Waals surface area contributed by atoms with Crippen molar-refractivity contribution in [2.75, 3.05) is 18.8 Å². The van der Waals surface area contributed by atoms with Crippen molar-refractivity contribution in [3.8, 4) is 0 Å². The number of benzene rings is 2. The highest BCUT2D eigenvalue weighted by atomic mass is 35.5. The molecule has 0 aliphatic carbocycles. The van der Waals surface area contributed by atoms with E-state index < -0.39 is 9.84 Å². The van der Waals surface area contributed by atoms with Gasteiger partial charge in [0, 0.05) is 55.3 Å². The lowest BCUT2D eigenvalue weighted by molar-refractivity contribution is -0.131. The zero-order valence-corrected chi connectivity index (χ0v) is 20.1. The SMILES string of the molecule is O=C(CCS(=O)(=O)c1ccc2cc(Cl)ccc2c1)N1CCC(c2cnc3n2CCCC3)CC1. The minimum Gasteiger partial charge on any atom is -0.343 e. The van der Waals surface area contributed by atoms with E-state index >= 15 is 0 Å². The molecule has 1 saturated heterocycles. The van der Waals surface area contributed by atoms with Crippen LogP contribution in [0.5, 0.6) is 0 Å². The molecule has 0 radical (unpaired) electrons. The molecule has 6 nitrogen and oxygen atoms in total. The van der Waals surface area contributed by atoms with Crippen molar-refractivity contribution in [3.63, 3.8) is 0 Å². The third kappa shape index (κ3) is 4.66. The maximum absolute atomic E-state index is 12.9. The first-order chi connectivity index (χ1) is 15.9. The van der Waals surface area contributed by atoms with E-state index in [4.69, 9.17) is 11.6 Å². The molecule has 5 rings (SSSR count). The van der Waals surface area contributed by atoms with E-state index in [2.05, 4.69) is 9.55 Å². The van der Waals surface area contributed by atoms with Gasteiger partial charge < -0.3 is 9.47 Å². The Bertz CT molecular complexity index is 1290. The van der Waals surface area contributed by atoms with Crippen molar-refractivity contribution in [2.45, 2.75) is 55.9 Å². The van der Waals surface area contributed by atoms with Crippen LogP contribution in [0.4, 0.5) is 0 Å². The zero-order valence-electron chi connectivity index (χ0n) is 18.5. The Balaban J connectivity index is 1.18.